The summed E-state index contributed by atoms with van der Waals surface area (Å²) < 4.78 is 38.0. The van der Waals surface area contributed by atoms with E-state index in [2.05, 4.69) is 15.3 Å². The Hall–Kier alpha value is -1.57. The van der Waals surface area contributed by atoms with Crippen LogP contribution in [0.25, 0.3) is 10.2 Å². The molecule has 2 heterocycles. The molecular formula is C12H15F3N4S. The lowest BCUT2D eigenvalue weighted by molar-refractivity contribution is -0.119. The maximum atomic E-state index is 12.7. The lowest BCUT2D eigenvalue weighted by Crippen LogP contribution is -2.34. The molecule has 2 aromatic rings. The summed E-state index contributed by atoms with van der Waals surface area (Å²) in [7, 11) is 0. The lowest BCUT2D eigenvalue weighted by Gasteiger charge is -2.24. The van der Waals surface area contributed by atoms with Crippen LogP contribution in [0.2, 0.25) is 0 Å². The number of nitrogens with one attached hydrogen (secondary N) is 1. The molecule has 0 spiro atoms. The monoisotopic (exact) mass is 304 g/mol. The van der Waals surface area contributed by atoms with E-state index in [9.17, 15) is 13.2 Å². The summed E-state index contributed by atoms with van der Waals surface area (Å²) in [6, 6.07) is 1.75. The molecule has 0 aliphatic heterocycles. The van der Waals surface area contributed by atoms with Crippen molar-refractivity contribution in [2.24, 2.45) is 0 Å². The van der Waals surface area contributed by atoms with Gasteiger partial charge in [-0.05, 0) is 25.3 Å². The van der Waals surface area contributed by atoms with Gasteiger partial charge in [0.25, 0.3) is 0 Å². The van der Waals surface area contributed by atoms with Crippen LogP contribution >= 0.6 is 11.3 Å². The maximum absolute atomic E-state index is 12.7. The van der Waals surface area contributed by atoms with Gasteiger partial charge in [0.05, 0.1) is 5.39 Å². The number of fused-ring (bicyclic) bond motifs is 1. The van der Waals surface area contributed by atoms with E-state index in [0.29, 0.717) is 28.5 Å². The van der Waals surface area contributed by atoms with Crippen molar-refractivity contribution in [1.82, 2.24) is 9.97 Å². The van der Waals surface area contributed by atoms with Crippen molar-refractivity contribution in [3.63, 3.8) is 0 Å². The number of anilines is 2. The van der Waals surface area contributed by atoms with Gasteiger partial charge in [-0.1, -0.05) is 0 Å². The first-order valence-electron chi connectivity index (χ1n) is 6.25. The Kier molecular flexibility index (Phi) is 4.32. The standard InChI is InChI=1S/C12H15F3N4S/c1-3-16-11-17-9(8-5-6-20-10(8)18-11)19(4-2)7-12(13,14)15/h5-6H,3-4,7H2,1-2H3,(H,16,17,18). The van der Waals surface area contributed by atoms with Gasteiger partial charge in [0.15, 0.2) is 0 Å². The van der Waals surface area contributed by atoms with Crippen molar-refractivity contribution in [3.8, 4) is 0 Å². The largest absolute Gasteiger partial charge is 0.405 e. The van der Waals surface area contributed by atoms with Crippen molar-refractivity contribution in [2.45, 2.75) is 20.0 Å². The zero-order valence-electron chi connectivity index (χ0n) is 11.2. The molecule has 2 rings (SSSR count). The van der Waals surface area contributed by atoms with Crippen molar-refractivity contribution in [1.29, 1.82) is 0 Å². The van der Waals surface area contributed by atoms with Crippen LogP contribution in [0, 0.1) is 0 Å². The van der Waals surface area contributed by atoms with E-state index in [1.807, 2.05) is 6.92 Å². The van der Waals surface area contributed by atoms with Crippen LogP contribution < -0.4 is 10.2 Å². The van der Waals surface area contributed by atoms with Gasteiger partial charge in [-0.2, -0.15) is 18.2 Å². The van der Waals surface area contributed by atoms with Crippen LogP contribution in [0.15, 0.2) is 11.4 Å². The Bertz CT molecular complexity index is 582. The number of hydrogen-bond acceptors (Lipinski definition) is 5. The van der Waals surface area contributed by atoms with Gasteiger partial charge < -0.3 is 10.2 Å². The van der Waals surface area contributed by atoms with Crippen molar-refractivity contribution >= 4 is 33.3 Å². The van der Waals surface area contributed by atoms with Gasteiger partial charge >= 0.3 is 6.18 Å². The average molecular weight is 304 g/mol. The Balaban J connectivity index is 2.46. The van der Waals surface area contributed by atoms with E-state index in [4.69, 9.17) is 0 Å². The fraction of sp³-hybridized carbons (Fsp3) is 0.500. The summed E-state index contributed by atoms with van der Waals surface area (Å²) in [5.41, 5.74) is 0. The molecule has 0 saturated carbocycles. The van der Waals surface area contributed by atoms with Crippen LogP contribution in [0.4, 0.5) is 24.9 Å². The third kappa shape index (κ3) is 3.30. The first-order chi connectivity index (χ1) is 9.44. The molecule has 0 unspecified atom stereocenters. The Morgan fingerprint density at radius 2 is 2.05 bits per heavy atom. The molecular weight excluding hydrogens is 289 g/mol. The number of halogens is 3. The number of hydrogen-bond donors (Lipinski definition) is 1. The van der Waals surface area contributed by atoms with Crippen LogP contribution in [0.3, 0.4) is 0 Å². The molecule has 0 aromatic carbocycles. The highest BCUT2D eigenvalue weighted by Gasteiger charge is 2.31. The maximum Gasteiger partial charge on any atom is 0.405 e. The molecule has 0 atom stereocenters. The van der Waals surface area contributed by atoms with Gasteiger partial charge in [0.2, 0.25) is 5.95 Å². The third-order valence-corrected chi connectivity index (χ3v) is 3.50. The molecule has 2 aromatic heterocycles. The molecule has 0 amide bonds. The first-order valence-corrected chi connectivity index (χ1v) is 7.13. The Morgan fingerprint density at radius 3 is 2.65 bits per heavy atom. The summed E-state index contributed by atoms with van der Waals surface area (Å²) in [5, 5.41) is 5.41. The third-order valence-electron chi connectivity index (χ3n) is 2.69. The predicted molar refractivity (Wildman–Crippen MR) is 75.5 cm³/mol. The van der Waals surface area contributed by atoms with E-state index >= 15 is 0 Å². The quantitative estimate of drug-likeness (QED) is 0.918. The average Bonchev–Trinajstić information content (AvgIpc) is 2.82. The zero-order valence-corrected chi connectivity index (χ0v) is 12.0. The van der Waals surface area contributed by atoms with E-state index < -0.39 is 12.7 Å². The number of nitrogens with zero attached hydrogens (tertiary/aromatic N) is 3. The summed E-state index contributed by atoms with van der Waals surface area (Å²) in [5.74, 6) is 0.685. The van der Waals surface area contributed by atoms with Crippen LogP contribution in [-0.4, -0.2) is 35.8 Å². The van der Waals surface area contributed by atoms with E-state index in [-0.39, 0.29) is 6.54 Å². The van der Waals surface area contributed by atoms with Crippen molar-refractivity contribution in [3.05, 3.63) is 11.4 Å². The molecule has 0 aliphatic carbocycles. The Morgan fingerprint density at radius 1 is 1.30 bits per heavy atom. The topological polar surface area (TPSA) is 41.1 Å². The molecule has 0 radical (unpaired) electrons. The number of rotatable bonds is 5. The molecule has 8 heteroatoms. The highest BCUT2D eigenvalue weighted by Crippen LogP contribution is 2.30. The highest BCUT2D eigenvalue weighted by molar-refractivity contribution is 7.16. The summed E-state index contributed by atoms with van der Waals surface area (Å²) >= 11 is 1.39. The van der Waals surface area contributed by atoms with Gasteiger partial charge in [-0.3, -0.25) is 0 Å². The van der Waals surface area contributed by atoms with Crippen molar-refractivity contribution < 1.29 is 13.2 Å². The normalized spacial score (nSPS) is 11.8. The second-order valence-corrected chi connectivity index (χ2v) is 5.06. The molecule has 0 fully saturated rings. The van der Waals surface area contributed by atoms with Gasteiger partial charge in [-0.15, -0.1) is 11.3 Å². The van der Waals surface area contributed by atoms with E-state index in [1.54, 1.807) is 18.4 Å². The summed E-state index contributed by atoms with van der Waals surface area (Å²) in [6.45, 7) is 3.39. The smallest absolute Gasteiger partial charge is 0.354 e. The van der Waals surface area contributed by atoms with Gasteiger partial charge in [0, 0.05) is 13.1 Å². The van der Waals surface area contributed by atoms with Gasteiger partial charge in [0.1, 0.15) is 17.2 Å². The van der Waals surface area contributed by atoms with Crippen LogP contribution in [0.1, 0.15) is 13.8 Å². The minimum absolute atomic E-state index is 0.229. The van der Waals surface area contributed by atoms with Gasteiger partial charge in [-0.25, -0.2) is 4.98 Å². The number of thiophene rings is 1. The fourth-order valence-electron chi connectivity index (χ4n) is 1.87. The lowest BCUT2D eigenvalue weighted by atomic mass is 10.3. The minimum Gasteiger partial charge on any atom is -0.354 e. The van der Waals surface area contributed by atoms with Crippen molar-refractivity contribution in [2.75, 3.05) is 29.9 Å². The summed E-state index contributed by atoms with van der Waals surface area (Å²) in [4.78, 5) is 10.4. The minimum atomic E-state index is -4.26. The summed E-state index contributed by atoms with van der Waals surface area (Å²) in [6.07, 6.45) is -4.26. The zero-order chi connectivity index (χ0) is 14.8. The molecule has 1 N–H and O–H groups in total. The molecule has 4 nitrogen and oxygen atoms in total. The second-order valence-electron chi connectivity index (χ2n) is 4.17. The molecule has 0 aliphatic rings. The molecule has 0 bridgehead atoms. The van der Waals surface area contributed by atoms with Crippen LogP contribution in [-0.2, 0) is 0 Å². The molecule has 0 saturated heterocycles. The second kappa shape index (κ2) is 5.82. The first kappa shape index (κ1) is 14.8. The van der Waals surface area contributed by atoms with Crippen LogP contribution in [0.5, 0.6) is 0 Å². The predicted octanol–water partition coefficient (Wildman–Crippen LogP) is 3.51. The van der Waals surface area contributed by atoms with E-state index in [0.717, 1.165) is 0 Å². The number of aromatic nitrogens is 2. The van der Waals surface area contributed by atoms with E-state index in [1.165, 1.54) is 16.2 Å². The molecule has 110 valence electrons. The SMILES string of the molecule is CCNc1nc(N(CC)CC(F)(F)F)c2ccsc2n1. The Labute approximate surface area is 118 Å². The molecule has 20 heavy (non-hydrogen) atoms. The number of alkyl halides is 3. The fourth-order valence-corrected chi connectivity index (χ4v) is 2.63. The highest BCUT2D eigenvalue weighted by atomic mass is 32.1.